The van der Waals surface area contributed by atoms with Crippen molar-refractivity contribution in [1.29, 1.82) is 0 Å². The fourth-order valence-electron chi connectivity index (χ4n) is 3.97. The number of hydrogen-bond donors (Lipinski definition) is 1. The maximum atomic E-state index is 5.84. The van der Waals surface area contributed by atoms with E-state index >= 15 is 0 Å². The maximum absolute atomic E-state index is 5.84. The molecule has 0 aliphatic heterocycles. The molecule has 0 bridgehead atoms. The van der Waals surface area contributed by atoms with Crippen LogP contribution in [0.1, 0.15) is 47.0 Å². The molecule has 14 heavy (non-hydrogen) atoms. The van der Waals surface area contributed by atoms with Crippen LogP contribution in [0.3, 0.4) is 0 Å². The maximum Gasteiger partial charge on any atom is -0.00407 e. The van der Waals surface area contributed by atoms with Gasteiger partial charge in [0.15, 0.2) is 0 Å². The number of rotatable bonds is 2. The highest BCUT2D eigenvalue weighted by Gasteiger charge is 2.60. The summed E-state index contributed by atoms with van der Waals surface area (Å²) in [6, 6.07) is 0. The first-order chi connectivity index (χ1) is 6.38. The quantitative estimate of drug-likeness (QED) is 0.720. The van der Waals surface area contributed by atoms with Crippen LogP contribution >= 0.6 is 0 Å². The van der Waals surface area contributed by atoms with Crippen LogP contribution < -0.4 is 5.73 Å². The average Bonchev–Trinajstić information content (AvgIpc) is 2.41. The van der Waals surface area contributed by atoms with Gasteiger partial charge in [0.2, 0.25) is 0 Å². The molecule has 0 aromatic carbocycles. The standard InChI is InChI=1S/C13H25N/c1-12(2)6-5-9(7-12)11-10(8-14)13(11,3)4/h9-11H,5-8,14H2,1-4H3. The molecule has 2 saturated carbocycles. The molecule has 2 N–H and O–H groups in total. The predicted octanol–water partition coefficient (Wildman–Crippen LogP) is 3.04. The molecule has 0 amide bonds. The molecule has 0 radical (unpaired) electrons. The topological polar surface area (TPSA) is 26.0 Å². The van der Waals surface area contributed by atoms with E-state index in [2.05, 4.69) is 27.7 Å². The third-order valence-corrected chi connectivity index (χ3v) is 4.91. The Kier molecular flexibility index (Phi) is 2.23. The van der Waals surface area contributed by atoms with Crippen LogP contribution in [0, 0.1) is 28.6 Å². The van der Waals surface area contributed by atoms with E-state index in [0.29, 0.717) is 10.8 Å². The van der Waals surface area contributed by atoms with E-state index in [1.807, 2.05) is 0 Å². The van der Waals surface area contributed by atoms with Gasteiger partial charge in [-0.25, -0.2) is 0 Å². The summed E-state index contributed by atoms with van der Waals surface area (Å²) in [5.41, 5.74) is 6.98. The van der Waals surface area contributed by atoms with Crippen LogP contribution in [-0.2, 0) is 0 Å². The zero-order valence-corrected chi connectivity index (χ0v) is 10.1. The van der Waals surface area contributed by atoms with Crippen LogP contribution in [0.2, 0.25) is 0 Å². The van der Waals surface area contributed by atoms with Gasteiger partial charge in [-0.3, -0.25) is 0 Å². The molecule has 2 aliphatic carbocycles. The first-order valence-corrected chi connectivity index (χ1v) is 6.08. The lowest BCUT2D eigenvalue weighted by Gasteiger charge is -2.17. The lowest BCUT2D eigenvalue weighted by Crippen LogP contribution is -2.09. The van der Waals surface area contributed by atoms with Crippen molar-refractivity contribution in [2.24, 2.45) is 34.3 Å². The Morgan fingerprint density at radius 2 is 1.86 bits per heavy atom. The summed E-state index contributed by atoms with van der Waals surface area (Å²) in [6.07, 6.45) is 4.29. The van der Waals surface area contributed by atoms with Crippen molar-refractivity contribution >= 4 is 0 Å². The molecule has 0 spiro atoms. The van der Waals surface area contributed by atoms with Gasteiger partial charge in [0, 0.05) is 0 Å². The normalized spacial score (nSPS) is 43.9. The molecule has 1 nitrogen and oxygen atoms in total. The van der Waals surface area contributed by atoms with Crippen molar-refractivity contribution in [3.8, 4) is 0 Å². The van der Waals surface area contributed by atoms with Gasteiger partial charge in [-0.05, 0) is 54.4 Å². The van der Waals surface area contributed by atoms with E-state index in [1.54, 1.807) is 0 Å². The summed E-state index contributed by atoms with van der Waals surface area (Å²) in [4.78, 5) is 0. The molecule has 0 aromatic heterocycles. The van der Waals surface area contributed by atoms with Gasteiger partial charge in [-0.1, -0.05) is 27.7 Å². The second kappa shape index (κ2) is 2.98. The molecule has 3 atom stereocenters. The van der Waals surface area contributed by atoms with E-state index in [-0.39, 0.29) is 0 Å². The van der Waals surface area contributed by atoms with Crippen molar-refractivity contribution in [3.05, 3.63) is 0 Å². The smallest absolute Gasteiger partial charge is 0.00407 e. The van der Waals surface area contributed by atoms with E-state index in [0.717, 1.165) is 24.3 Å². The zero-order chi connectivity index (χ0) is 10.6. The molecule has 0 heterocycles. The van der Waals surface area contributed by atoms with E-state index in [1.165, 1.54) is 19.3 Å². The molecule has 2 aliphatic rings. The second-order valence-electron chi connectivity index (χ2n) is 6.86. The van der Waals surface area contributed by atoms with E-state index in [9.17, 15) is 0 Å². The van der Waals surface area contributed by atoms with Crippen molar-refractivity contribution in [2.75, 3.05) is 6.54 Å². The molecule has 0 aromatic rings. The van der Waals surface area contributed by atoms with Gasteiger partial charge in [-0.2, -0.15) is 0 Å². The van der Waals surface area contributed by atoms with Gasteiger partial charge in [0.1, 0.15) is 0 Å². The Hall–Kier alpha value is -0.0400. The third-order valence-electron chi connectivity index (χ3n) is 4.91. The Bertz CT molecular complexity index is 229. The summed E-state index contributed by atoms with van der Waals surface area (Å²) in [7, 11) is 0. The molecule has 2 rings (SSSR count). The van der Waals surface area contributed by atoms with Gasteiger partial charge in [0.05, 0.1) is 0 Å². The Morgan fingerprint density at radius 1 is 1.21 bits per heavy atom. The highest BCUT2D eigenvalue weighted by atomic mass is 14.7. The van der Waals surface area contributed by atoms with Crippen molar-refractivity contribution in [2.45, 2.75) is 47.0 Å². The fraction of sp³-hybridized carbons (Fsp3) is 1.00. The molecular weight excluding hydrogens is 170 g/mol. The lowest BCUT2D eigenvalue weighted by atomic mass is 9.88. The second-order valence-corrected chi connectivity index (χ2v) is 6.86. The monoisotopic (exact) mass is 195 g/mol. The summed E-state index contributed by atoms with van der Waals surface area (Å²) < 4.78 is 0. The summed E-state index contributed by atoms with van der Waals surface area (Å²) >= 11 is 0. The summed E-state index contributed by atoms with van der Waals surface area (Å²) in [5, 5.41) is 0. The Morgan fingerprint density at radius 3 is 2.21 bits per heavy atom. The highest BCUT2D eigenvalue weighted by Crippen LogP contribution is 2.65. The first kappa shape index (κ1) is 10.5. The van der Waals surface area contributed by atoms with Gasteiger partial charge in [-0.15, -0.1) is 0 Å². The van der Waals surface area contributed by atoms with E-state index in [4.69, 9.17) is 5.73 Å². The van der Waals surface area contributed by atoms with Crippen LogP contribution in [0.25, 0.3) is 0 Å². The van der Waals surface area contributed by atoms with Crippen molar-refractivity contribution < 1.29 is 0 Å². The largest absolute Gasteiger partial charge is 0.330 e. The molecule has 2 fully saturated rings. The predicted molar refractivity (Wildman–Crippen MR) is 60.9 cm³/mol. The first-order valence-electron chi connectivity index (χ1n) is 6.08. The minimum atomic E-state index is 0.542. The van der Waals surface area contributed by atoms with Gasteiger partial charge < -0.3 is 5.73 Å². The van der Waals surface area contributed by atoms with Crippen LogP contribution in [-0.4, -0.2) is 6.54 Å². The minimum absolute atomic E-state index is 0.542. The van der Waals surface area contributed by atoms with Crippen LogP contribution in [0.4, 0.5) is 0 Å². The summed E-state index contributed by atoms with van der Waals surface area (Å²) in [5.74, 6) is 2.70. The molecule has 82 valence electrons. The molecule has 3 unspecified atom stereocenters. The third kappa shape index (κ3) is 1.50. The number of hydrogen-bond acceptors (Lipinski definition) is 1. The fourth-order valence-corrected chi connectivity index (χ4v) is 3.97. The number of nitrogens with two attached hydrogens (primary N) is 1. The van der Waals surface area contributed by atoms with Crippen molar-refractivity contribution in [3.63, 3.8) is 0 Å². The SMILES string of the molecule is CC1(C)CCC(C2C(CN)C2(C)C)C1. The van der Waals surface area contributed by atoms with E-state index < -0.39 is 0 Å². The summed E-state index contributed by atoms with van der Waals surface area (Å²) in [6.45, 7) is 10.5. The Labute approximate surface area is 88.4 Å². The average molecular weight is 195 g/mol. The Balaban J connectivity index is 2.00. The van der Waals surface area contributed by atoms with Crippen molar-refractivity contribution in [1.82, 2.24) is 0 Å². The molecule has 0 saturated heterocycles. The van der Waals surface area contributed by atoms with Gasteiger partial charge in [0.25, 0.3) is 0 Å². The molecular formula is C13H25N. The molecule has 1 heteroatoms. The van der Waals surface area contributed by atoms with Crippen LogP contribution in [0.5, 0.6) is 0 Å². The highest BCUT2D eigenvalue weighted by molar-refractivity contribution is 5.09. The van der Waals surface area contributed by atoms with Gasteiger partial charge >= 0.3 is 0 Å². The lowest BCUT2D eigenvalue weighted by molar-refractivity contribution is 0.328. The van der Waals surface area contributed by atoms with Crippen LogP contribution in [0.15, 0.2) is 0 Å². The minimum Gasteiger partial charge on any atom is -0.330 e. The zero-order valence-electron chi connectivity index (χ0n) is 10.1.